The van der Waals surface area contributed by atoms with E-state index in [1.807, 2.05) is 26.0 Å². The Hall–Kier alpha value is -2.78. The highest BCUT2D eigenvalue weighted by molar-refractivity contribution is 7.92. The number of benzene rings is 2. The number of hydrogen-bond acceptors (Lipinski definition) is 5. The second-order valence-electron chi connectivity index (χ2n) is 8.29. The zero-order valence-corrected chi connectivity index (χ0v) is 22.4. The van der Waals surface area contributed by atoms with E-state index in [0.29, 0.717) is 35.0 Å². The van der Waals surface area contributed by atoms with Gasteiger partial charge in [0, 0.05) is 18.1 Å². The summed E-state index contributed by atoms with van der Waals surface area (Å²) in [4.78, 5) is 28.0. The summed E-state index contributed by atoms with van der Waals surface area (Å²) < 4.78 is 31.7. The fraction of sp³-hybridized carbons (Fsp3) is 0.440. The first kappa shape index (κ1) is 28.5. The second kappa shape index (κ2) is 12.8. The smallest absolute Gasteiger partial charge is 0.244 e. The number of rotatable bonds is 12. The van der Waals surface area contributed by atoms with E-state index in [1.165, 1.54) is 4.90 Å². The molecular weight excluding hydrogens is 490 g/mol. The third-order valence-corrected chi connectivity index (χ3v) is 6.92. The van der Waals surface area contributed by atoms with Gasteiger partial charge in [-0.05, 0) is 61.2 Å². The quantitative estimate of drug-likeness (QED) is 0.457. The summed E-state index contributed by atoms with van der Waals surface area (Å²) in [5.74, 6) is -0.0929. The second-order valence-corrected chi connectivity index (χ2v) is 10.6. The third-order valence-electron chi connectivity index (χ3n) is 5.55. The van der Waals surface area contributed by atoms with Gasteiger partial charge in [0.2, 0.25) is 21.8 Å². The maximum absolute atomic E-state index is 13.6. The van der Waals surface area contributed by atoms with Crippen molar-refractivity contribution in [2.45, 2.75) is 46.2 Å². The van der Waals surface area contributed by atoms with Crippen LogP contribution in [0.25, 0.3) is 0 Å². The molecule has 0 heterocycles. The van der Waals surface area contributed by atoms with Crippen LogP contribution < -0.4 is 14.4 Å². The number of amides is 2. The largest absolute Gasteiger partial charge is 0.497 e. The van der Waals surface area contributed by atoms with Gasteiger partial charge in [-0.15, -0.1) is 0 Å². The van der Waals surface area contributed by atoms with E-state index in [1.54, 1.807) is 44.4 Å². The molecular formula is C25H34ClN3O5S. The molecule has 0 aliphatic carbocycles. The Morgan fingerprint density at radius 2 is 1.77 bits per heavy atom. The SMILES string of the molecule is CCCNC(=O)C(CC)N(Cc1ccc(OC)cc1)C(=O)CN(c1ccc(Cl)cc1C)S(C)(=O)=O. The number of anilines is 1. The number of nitrogens with one attached hydrogen (secondary N) is 1. The van der Waals surface area contributed by atoms with Crippen LogP contribution in [0.4, 0.5) is 5.69 Å². The number of hydrogen-bond donors (Lipinski definition) is 1. The number of aryl methyl sites for hydroxylation is 1. The van der Waals surface area contributed by atoms with Crippen molar-refractivity contribution in [1.29, 1.82) is 0 Å². The number of ether oxygens (including phenoxy) is 1. The zero-order chi connectivity index (χ0) is 26.2. The van der Waals surface area contributed by atoms with Crippen molar-refractivity contribution in [2.24, 2.45) is 0 Å². The van der Waals surface area contributed by atoms with Gasteiger partial charge >= 0.3 is 0 Å². The van der Waals surface area contributed by atoms with E-state index in [4.69, 9.17) is 16.3 Å². The molecule has 192 valence electrons. The minimum atomic E-state index is -3.80. The highest BCUT2D eigenvalue weighted by Crippen LogP contribution is 2.26. The van der Waals surface area contributed by atoms with E-state index in [-0.39, 0.29) is 12.5 Å². The maximum Gasteiger partial charge on any atom is 0.244 e. The molecule has 2 aromatic carbocycles. The van der Waals surface area contributed by atoms with Gasteiger partial charge in [-0.25, -0.2) is 8.42 Å². The number of halogens is 1. The molecule has 10 heteroatoms. The molecule has 0 saturated carbocycles. The predicted octanol–water partition coefficient (Wildman–Crippen LogP) is 3.76. The summed E-state index contributed by atoms with van der Waals surface area (Å²) in [6.45, 7) is 5.67. The van der Waals surface area contributed by atoms with Gasteiger partial charge in [0.05, 0.1) is 19.1 Å². The van der Waals surface area contributed by atoms with Crippen LogP contribution in [0.15, 0.2) is 42.5 Å². The zero-order valence-electron chi connectivity index (χ0n) is 20.9. The highest BCUT2D eigenvalue weighted by Gasteiger charge is 2.32. The number of carbonyl (C=O) groups excluding carboxylic acids is 2. The molecule has 1 atom stereocenters. The molecule has 0 fully saturated rings. The fourth-order valence-corrected chi connectivity index (χ4v) is 4.84. The number of sulfonamides is 1. The summed E-state index contributed by atoms with van der Waals surface area (Å²) in [5.41, 5.74) is 1.76. The molecule has 1 unspecified atom stereocenters. The van der Waals surface area contributed by atoms with Crippen LogP contribution in [-0.4, -0.2) is 57.6 Å². The van der Waals surface area contributed by atoms with E-state index in [0.717, 1.165) is 22.5 Å². The van der Waals surface area contributed by atoms with Crippen LogP contribution in [0.5, 0.6) is 5.75 Å². The summed E-state index contributed by atoms with van der Waals surface area (Å²) >= 11 is 6.04. The van der Waals surface area contributed by atoms with Gasteiger partial charge in [0.15, 0.2) is 0 Å². The lowest BCUT2D eigenvalue weighted by molar-refractivity contribution is -0.140. The number of nitrogens with zero attached hydrogens (tertiary/aromatic N) is 2. The summed E-state index contributed by atoms with van der Waals surface area (Å²) in [5, 5.41) is 3.32. The Balaban J connectivity index is 2.44. The first-order valence-corrected chi connectivity index (χ1v) is 13.7. The normalized spacial score (nSPS) is 12.1. The first-order valence-electron chi connectivity index (χ1n) is 11.5. The van der Waals surface area contributed by atoms with Crippen molar-refractivity contribution in [2.75, 3.05) is 30.8 Å². The lowest BCUT2D eigenvalue weighted by atomic mass is 10.1. The van der Waals surface area contributed by atoms with Gasteiger partial charge < -0.3 is 15.0 Å². The van der Waals surface area contributed by atoms with E-state index in [2.05, 4.69) is 5.32 Å². The van der Waals surface area contributed by atoms with Crippen LogP contribution in [0.2, 0.25) is 5.02 Å². The molecule has 0 aliphatic heterocycles. The van der Waals surface area contributed by atoms with Crippen LogP contribution >= 0.6 is 11.6 Å². The molecule has 1 N–H and O–H groups in total. The molecule has 0 spiro atoms. The van der Waals surface area contributed by atoms with Crippen LogP contribution in [0.3, 0.4) is 0 Å². The van der Waals surface area contributed by atoms with Crippen molar-refractivity contribution >= 4 is 39.1 Å². The first-order chi connectivity index (χ1) is 16.5. The molecule has 0 radical (unpaired) electrons. The van der Waals surface area contributed by atoms with Gasteiger partial charge in [0.25, 0.3) is 0 Å². The minimum Gasteiger partial charge on any atom is -0.497 e. The predicted molar refractivity (Wildman–Crippen MR) is 139 cm³/mol. The summed E-state index contributed by atoms with van der Waals surface area (Å²) in [6.07, 6.45) is 2.18. The molecule has 2 rings (SSSR count). The van der Waals surface area contributed by atoms with Gasteiger partial charge in [-0.2, -0.15) is 0 Å². The Morgan fingerprint density at radius 1 is 1.11 bits per heavy atom. The highest BCUT2D eigenvalue weighted by atomic mass is 35.5. The maximum atomic E-state index is 13.6. The van der Waals surface area contributed by atoms with Crippen LogP contribution in [0.1, 0.15) is 37.8 Å². The Bertz CT molecular complexity index is 1120. The summed E-state index contributed by atoms with van der Waals surface area (Å²) in [7, 11) is -2.24. The molecule has 2 amide bonds. The topological polar surface area (TPSA) is 96.0 Å². The number of carbonyl (C=O) groups is 2. The van der Waals surface area contributed by atoms with Gasteiger partial charge in [-0.1, -0.05) is 37.6 Å². The Labute approximate surface area is 213 Å². The molecule has 0 saturated heterocycles. The fourth-order valence-electron chi connectivity index (χ4n) is 3.71. The number of methoxy groups -OCH3 is 1. The Morgan fingerprint density at radius 3 is 2.29 bits per heavy atom. The van der Waals surface area contributed by atoms with Crippen molar-refractivity contribution in [1.82, 2.24) is 10.2 Å². The van der Waals surface area contributed by atoms with E-state index >= 15 is 0 Å². The molecule has 8 nitrogen and oxygen atoms in total. The standard InChI is InChI=1S/C25H34ClN3O5S/c1-6-14-27-25(31)22(7-2)28(16-19-8-11-21(34-4)12-9-19)24(30)17-29(35(5,32)33)23-13-10-20(26)15-18(23)3/h8-13,15,22H,6-7,14,16-17H2,1-5H3,(H,27,31). The third kappa shape index (κ3) is 7.86. The van der Waals surface area contributed by atoms with Crippen molar-refractivity contribution < 1.29 is 22.7 Å². The minimum absolute atomic E-state index is 0.137. The monoisotopic (exact) mass is 523 g/mol. The van der Waals surface area contributed by atoms with E-state index < -0.39 is 28.5 Å². The van der Waals surface area contributed by atoms with Crippen molar-refractivity contribution in [3.8, 4) is 5.75 Å². The van der Waals surface area contributed by atoms with Gasteiger partial charge in [0.1, 0.15) is 18.3 Å². The van der Waals surface area contributed by atoms with Crippen molar-refractivity contribution in [3.63, 3.8) is 0 Å². The molecule has 0 aliphatic rings. The lowest BCUT2D eigenvalue weighted by Crippen LogP contribution is -2.52. The van der Waals surface area contributed by atoms with Crippen LogP contribution in [-0.2, 0) is 26.2 Å². The van der Waals surface area contributed by atoms with Gasteiger partial charge in [-0.3, -0.25) is 13.9 Å². The molecule has 2 aromatic rings. The Kier molecular flexibility index (Phi) is 10.4. The van der Waals surface area contributed by atoms with E-state index in [9.17, 15) is 18.0 Å². The average molecular weight is 524 g/mol. The molecule has 35 heavy (non-hydrogen) atoms. The average Bonchev–Trinajstić information content (AvgIpc) is 2.81. The summed E-state index contributed by atoms with van der Waals surface area (Å²) in [6, 6.07) is 11.2. The molecule has 0 aromatic heterocycles. The lowest BCUT2D eigenvalue weighted by Gasteiger charge is -2.33. The van der Waals surface area contributed by atoms with Crippen molar-refractivity contribution in [3.05, 3.63) is 58.6 Å². The molecule has 0 bridgehead atoms. The van der Waals surface area contributed by atoms with Crippen LogP contribution in [0, 0.1) is 6.92 Å².